The Morgan fingerprint density at radius 3 is 2.51 bits per heavy atom. The summed E-state index contributed by atoms with van der Waals surface area (Å²) in [4.78, 5) is 38.7. The second-order valence-electron chi connectivity index (χ2n) is 10.2. The fourth-order valence-electron chi connectivity index (χ4n) is 5.15. The van der Waals surface area contributed by atoms with Gasteiger partial charge >= 0.3 is 0 Å². The van der Waals surface area contributed by atoms with Gasteiger partial charge in [0.15, 0.2) is 22.4 Å². The summed E-state index contributed by atoms with van der Waals surface area (Å²) in [6.45, 7) is 8.70. The Labute approximate surface area is 258 Å². The van der Waals surface area contributed by atoms with Gasteiger partial charge in [0.25, 0.3) is 5.91 Å². The molecular weight excluding hydrogens is 587 g/mol. The van der Waals surface area contributed by atoms with E-state index in [0.29, 0.717) is 57.2 Å². The molecule has 1 unspecified atom stereocenters. The second kappa shape index (κ2) is 13.1. The van der Waals surface area contributed by atoms with Crippen molar-refractivity contribution in [2.45, 2.75) is 59.4 Å². The fraction of sp³-hybridized carbons (Fsp3) is 0.375. The van der Waals surface area contributed by atoms with Crippen LogP contribution in [0.25, 0.3) is 10.2 Å². The Kier molecular flexibility index (Phi) is 9.31. The average Bonchev–Trinajstić information content (AvgIpc) is 3.65. The van der Waals surface area contributed by atoms with Gasteiger partial charge in [0.1, 0.15) is 5.75 Å². The summed E-state index contributed by atoms with van der Waals surface area (Å²) in [5.41, 5.74) is 1.77. The number of anilines is 1. The molecule has 0 saturated carbocycles. The molecule has 0 radical (unpaired) electrons. The quantitative estimate of drug-likeness (QED) is 0.121. The zero-order chi connectivity index (χ0) is 30.7. The standard InChI is InChI=1S/C32H35N3O6S2/c1-6-8-9-10-15-41-23-14-11-20(16-24(23)39-5)27-26(28(36)30-18(3)33-19(4)42-30)29(37)31(38)35(27)32-34-22-13-12-21(40-7-2)17-25(22)43-32/h11-14,16-17,27,37H,6-10,15H2,1-5H3. The number of Topliss-reactive ketones (excluding diaryl/α,β-unsaturated/α-hetero) is 1. The first-order valence-corrected chi connectivity index (χ1v) is 16.0. The summed E-state index contributed by atoms with van der Waals surface area (Å²) in [5, 5.41) is 12.3. The van der Waals surface area contributed by atoms with Crippen molar-refractivity contribution in [3.05, 3.63) is 68.9 Å². The number of ketones is 1. The molecular formula is C32H35N3O6S2. The molecule has 4 aromatic rings. The number of hydrogen-bond acceptors (Lipinski definition) is 10. The number of rotatable bonds is 13. The number of nitrogens with zero attached hydrogens (tertiary/aromatic N) is 3. The Bertz CT molecular complexity index is 1690. The van der Waals surface area contributed by atoms with Gasteiger partial charge < -0.3 is 19.3 Å². The van der Waals surface area contributed by atoms with Crippen LogP contribution < -0.4 is 19.1 Å². The average molecular weight is 622 g/mol. The van der Waals surface area contributed by atoms with E-state index in [1.54, 1.807) is 32.2 Å². The maximum Gasteiger partial charge on any atom is 0.296 e. The largest absolute Gasteiger partial charge is 0.503 e. The highest BCUT2D eigenvalue weighted by Crippen LogP contribution is 2.46. The van der Waals surface area contributed by atoms with Crippen LogP contribution in [0, 0.1) is 13.8 Å². The topological polar surface area (TPSA) is 111 Å². The molecule has 1 aliphatic rings. The zero-order valence-corrected chi connectivity index (χ0v) is 26.6. The second-order valence-corrected chi connectivity index (χ2v) is 12.4. The van der Waals surface area contributed by atoms with E-state index in [-0.39, 0.29) is 5.57 Å². The fourth-order valence-corrected chi connectivity index (χ4v) is 7.05. The summed E-state index contributed by atoms with van der Waals surface area (Å²) in [6.07, 6.45) is 4.29. The number of carbonyl (C=O) groups is 2. The highest BCUT2D eigenvalue weighted by atomic mass is 32.1. The van der Waals surface area contributed by atoms with Crippen LogP contribution in [0.1, 0.15) is 71.5 Å². The molecule has 5 rings (SSSR count). The Morgan fingerprint density at radius 2 is 1.81 bits per heavy atom. The lowest BCUT2D eigenvalue weighted by Gasteiger charge is -2.25. The number of ether oxygens (including phenoxy) is 3. The number of thiazole rings is 2. The first-order valence-electron chi connectivity index (χ1n) is 14.4. The van der Waals surface area contributed by atoms with E-state index in [4.69, 9.17) is 19.2 Å². The molecule has 3 heterocycles. The van der Waals surface area contributed by atoms with Crippen molar-refractivity contribution in [3.8, 4) is 17.2 Å². The van der Waals surface area contributed by atoms with Crippen molar-refractivity contribution in [1.82, 2.24) is 9.97 Å². The smallest absolute Gasteiger partial charge is 0.296 e. The molecule has 1 N–H and O–H groups in total. The number of aromatic nitrogens is 2. The Balaban J connectivity index is 1.58. The monoisotopic (exact) mass is 621 g/mol. The first-order chi connectivity index (χ1) is 20.8. The normalized spacial score (nSPS) is 15.0. The number of aryl methyl sites for hydroxylation is 2. The van der Waals surface area contributed by atoms with Gasteiger partial charge in [-0.05, 0) is 63.1 Å². The van der Waals surface area contributed by atoms with E-state index in [9.17, 15) is 14.7 Å². The molecule has 0 fully saturated rings. The summed E-state index contributed by atoms with van der Waals surface area (Å²) in [5.74, 6) is -0.0311. The number of fused-ring (bicyclic) bond motifs is 1. The lowest BCUT2D eigenvalue weighted by molar-refractivity contribution is -0.117. The van der Waals surface area contributed by atoms with Gasteiger partial charge in [-0.15, -0.1) is 11.3 Å². The van der Waals surface area contributed by atoms with Crippen molar-refractivity contribution in [3.63, 3.8) is 0 Å². The van der Waals surface area contributed by atoms with Gasteiger partial charge in [-0.3, -0.25) is 14.5 Å². The third-order valence-electron chi connectivity index (χ3n) is 7.19. The first kappa shape index (κ1) is 30.5. The van der Waals surface area contributed by atoms with Gasteiger partial charge in [0.2, 0.25) is 5.78 Å². The van der Waals surface area contributed by atoms with E-state index < -0.39 is 23.5 Å². The number of methoxy groups -OCH3 is 1. The SMILES string of the molecule is CCCCCCOc1ccc(C2C(C(=O)c3sc(C)nc3C)=C(O)C(=O)N2c2nc3ccc(OCC)cc3s2)cc1OC. The van der Waals surface area contributed by atoms with E-state index >= 15 is 0 Å². The molecule has 0 saturated heterocycles. The molecule has 43 heavy (non-hydrogen) atoms. The highest BCUT2D eigenvalue weighted by Gasteiger charge is 2.46. The van der Waals surface area contributed by atoms with Gasteiger partial charge in [-0.2, -0.15) is 0 Å². The maximum atomic E-state index is 14.0. The minimum atomic E-state index is -0.957. The van der Waals surface area contributed by atoms with Crippen LogP contribution in [-0.4, -0.2) is 47.1 Å². The van der Waals surface area contributed by atoms with Crippen molar-refractivity contribution in [2.24, 2.45) is 0 Å². The van der Waals surface area contributed by atoms with E-state index in [2.05, 4.69) is 11.9 Å². The Morgan fingerprint density at radius 1 is 1.00 bits per heavy atom. The van der Waals surface area contributed by atoms with Crippen LogP contribution in [-0.2, 0) is 4.79 Å². The van der Waals surface area contributed by atoms with Crippen LogP contribution in [0.5, 0.6) is 17.2 Å². The van der Waals surface area contributed by atoms with Crippen LogP contribution in [0.4, 0.5) is 5.13 Å². The van der Waals surface area contributed by atoms with Crippen LogP contribution in [0.3, 0.4) is 0 Å². The molecule has 1 atom stereocenters. The molecule has 2 aromatic heterocycles. The summed E-state index contributed by atoms with van der Waals surface area (Å²) < 4.78 is 18.2. The van der Waals surface area contributed by atoms with Crippen LogP contribution >= 0.6 is 22.7 Å². The summed E-state index contributed by atoms with van der Waals surface area (Å²) in [7, 11) is 1.55. The number of hydrogen-bond donors (Lipinski definition) is 1. The van der Waals surface area contributed by atoms with Crippen molar-refractivity contribution in [1.29, 1.82) is 0 Å². The van der Waals surface area contributed by atoms with Crippen molar-refractivity contribution in [2.75, 3.05) is 25.2 Å². The Hall–Kier alpha value is -3.96. The molecule has 2 aromatic carbocycles. The summed E-state index contributed by atoms with van der Waals surface area (Å²) >= 11 is 2.52. The number of benzene rings is 2. The number of aliphatic hydroxyl groups excluding tert-OH is 1. The number of unbranched alkanes of at least 4 members (excludes halogenated alkanes) is 3. The molecule has 11 heteroatoms. The molecule has 9 nitrogen and oxygen atoms in total. The van der Waals surface area contributed by atoms with E-state index in [1.165, 1.54) is 27.6 Å². The minimum Gasteiger partial charge on any atom is -0.503 e. The van der Waals surface area contributed by atoms with E-state index in [0.717, 1.165) is 35.4 Å². The minimum absolute atomic E-state index is 0.0266. The van der Waals surface area contributed by atoms with Crippen LogP contribution in [0.15, 0.2) is 47.7 Å². The van der Waals surface area contributed by atoms with Crippen LogP contribution in [0.2, 0.25) is 0 Å². The molecule has 226 valence electrons. The molecule has 0 spiro atoms. The maximum absolute atomic E-state index is 14.0. The lowest BCUT2D eigenvalue weighted by atomic mass is 9.95. The third kappa shape index (κ3) is 6.09. The van der Waals surface area contributed by atoms with Gasteiger partial charge in [-0.1, -0.05) is 43.6 Å². The molecule has 0 aliphatic carbocycles. The summed E-state index contributed by atoms with van der Waals surface area (Å²) in [6, 6.07) is 9.89. The van der Waals surface area contributed by atoms with Gasteiger partial charge in [0.05, 0.1) is 57.7 Å². The van der Waals surface area contributed by atoms with E-state index in [1.807, 2.05) is 32.0 Å². The molecule has 1 aliphatic heterocycles. The zero-order valence-electron chi connectivity index (χ0n) is 24.9. The number of amides is 1. The predicted molar refractivity (Wildman–Crippen MR) is 169 cm³/mol. The van der Waals surface area contributed by atoms with Gasteiger partial charge in [-0.25, -0.2) is 9.97 Å². The predicted octanol–water partition coefficient (Wildman–Crippen LogP) is 7.52. The third-order valence-corrected chi connectivity index (χ3v) is 9.28. The molecule has 1 amide bonds. The highest BCUT2D eigenvalue weighted by molar-refractivity contribution is 7.22. The van der Waals surface area contributed by atoms with Gasteiger partial charge in [0, 0.05) is 0 Å². The van der Waals surface area contributed by atoms with Crippen molar-refractivity contribution < 1.29 is 28.9 Å². The van der Waals surface area contributed by atoms with Crippen molar-refractivity contribution >= 4 is 49.7 Å². The lowest BCUT2D eigenvalue weighted by Crippen LogP contribution is -2.31. The number of carbonyl (C=O) groups excluding carboxylic acids is 2. The molecule has 0 bridgehead atoms. The number of aliphatic hydroxyl groups is 1.